The molecule has 2 aliphatic rings. The second-order valence-corrected chi connectivity index (χ2v) is 6.32. The van der Waals surface area contributed by atoms with Crippen LogP contribution in [0.3, 0.4) is 0 Å². The zero-order valence-corrected chi connectivity index (χ0v) is 12.1. The third-order valence-corrected chi connectivity index (χ3v) is 4.53. The number of hydrogen-bond donors (Lipinski definition) is 1. The molecule has 2 aliphatic carbocycles. The minimum absolute atomic E-state index is 0.228. The number of rotatable bonds is 5. The van der Waals surface area contributed by atoms with E-state index in [0.717, 1.165) is 38.1 Å². The van der Waals surface area contributed by atoms with E-state index in [2.05, 4.69) is 5.32 Å². The van der Waals surface area contributed by atoms with Crippen LogP contribution in [0.2, 0.25) is 0 Å². The number of ether oxygens (including phenoxy) is 1. The fourth-order valence-electron chi connectivity index (χ4n) is 3.42. The summed E-state index contributed by atoms with van der Waals surface area (Å²) < 4.78 is 41.5. The molecule has 0 spiro atoms. The molecule has 2 atom stereocenters. The first-order valence-electron chi connectivity index (χ1n) is 7.94. The van der Waals surface area contributed by atoms with E-state index >= 15 is 0 Å². The first-order valence-corrected chi connectivity index (χ1v) is 7.94. The summed E-state index contributed by atoms with van der Waals surface area (Å²) in [6.45, 7) is -0.0797. The van der Waals surface area contributed by atoms with Gasteiger partial charge in [0.1, 0.15) is 6.61 Å². The molecule has 0 aromatic carbocycles. The Morgan fingerprint density at radius 2 is 1.70 bits per heavy atom. The Kier molecular flexibility index (Phi) is 6.15. The Hall–Kier alpha value is -0.290. The standard InChI is InChI=1S/C15H26F3NO/c16-15(17,18)11-20-14-8-4-7-13(9-14)19-10-12-5-2-1-3-6-12/h12-14,19H,1-11H2. The normalized spacial score (nSPS) is 29.6. The van der Waals surface area contributed by atoms with Crippen molar-refractivity contribution in [3.63, 3.8) is 0 Å². The molecule has 2 rings (SSSR count). The molecule has 0 saturated heterocycles. The molecule has 2 nitrogen and oxygen atoms in total. The first-order chi connectivity index (χ1) is 9.53. The second-order valence-electron chi connectivity index (χ2n) is 6.32. The zero-order chi connectivity index (χ0) is 14.4. The summed E-state index contributed by atoms with van der Waals surface area (Å²) in [6.07, 6.45) is 5.69. The van der Waals surface area contributed by atoms with Crippen molar-refractivity contribution < 1.29 is 17.9 Å². The maximum absolute atomic E-state index is 12.2. The average Bonchev–Trinajstić information content (AvgIpc) is 2.44. The highest BCUT2D eigenvalue weighted by atomic mass is 19.4. The lowest BCUT2D eigenvalue weighted by Gasteiger charge is -2.32. The average molecular weight is 293 g/mol. The lowest BCUT2D eigenvalue weighted by atomic mass is 9.88. The molecule has 2 fully saturated rings. The Bertz CT molecular complexity index is 277. The molecule has 0 bridgehead atoms. The molecule has 0 radical (unpaired) electrons. The van der Waals surface area contributed by atoms with Gasteiger partial charge in [0.2, 0.25) is 0 Å². The minimum Gasteiger partial charge on any atom is -0.369 e. The number of halogens is 3. The van der Waals surface area contributed by atoms with Crippen molar-refractivity contribution in [3.05, 3.63) is 0 Å². The summed E-state index contributed by atoms with van der Waals surface area (Å²) in [7, 11) is 0. The Morgan fingerprint density at radius 3 is 2.40 bits per heavy atom. The number of nitrogens with one attached hydrogen (secondary N) is 1. The zero-order valence-electron chi connectivity index (χ0n) is 12.1. The van der Waals surface area contributed by atoms with Crippen molar-refractivity contribution in [2.45, 2.75) is 76.1 Å². The second kappa shape index (κ2) is 7.64. The highest BCUT2D eigenvalue weighted by Gasteiger charge is 2.31. The smallest absolute Gasteiger partial charge is 0.369 e. The number of alkyl halides is 3. The van der Waals surface area contributed by atoms with Gasteiger partial charge in [0.25, 0.3) is 0 Å². The molecule has 0 aromatic heterocycles. The van der Waals surface area contributed by atoms with E-state index in [0.29, 0.717) is 6.04 Å². The van der Waals surface area contributed by atoms with Gasteiger partial charge in [-0.2, -0.15) is 13.2 Å². The predicted molar refractivity (Wildman–Crippen MR) is 72.6 cm³/mol. The van der Waals surface area contributed by atoms with Crippen LogP contribution in [0.15, 0.2) is 0 Å². The Morgan fingerprint density at radius 1 is 0.950 bits per heavy atom. The van der Waals surface area contributed by atoms with Gasteiger partial charge in [0, 0.05) is 6.04 Å². The minimum atomic E-state index is -4.21. The van der Waals surface area contributed by atoms with Gasteiger partial charge in [-0.15, -0.1) is 0 Å². The maximum Gasteiger partial charge on any atom is 0.411 e. The molecule has 118 valence electrons. The summed E-state index contributed by atoms with van der Waals surface area (Å²) in [4.78, 5) is 0. The lowest BCUT2D eigenvalue weighted by molar-refractivity contribution is -0.188. The molecule has 2 saturated carbocycles. The summed E-state index contributed by atoms with van der Waals surface area (Å²) in [6, 6.07) is 0.337. The largest absolute Gasteiger partial charge is 0.411 e. The van der Waals surface area contributed by atoms with Gasteiger partial charge in [-0.25, -0.2) is 0 Å². The van der Waals surface area contributed by atoms with Crippen LogP contribution in [-0.4, -0.2) is 31.5 Å². The monoisotopic (exact) mass is 293 g/mol. The summed E-state index contributed by atoms with van der Waals surface area (Å²) in [5.41, 5.74) is 0. The van der Waals surface area contributed by atoms with Gasteiger partial charge in [0.05, 0.1) is 6.10 Å². The SMILES string of the molecule is FC(F)(F)COC1CCCC(NCC2CCCCC2)C1. The molecule has 1 N–H and O–H groups in total. The highest BCUT2D eigenvalue weighted by molar-refractivity contribution is 4.80. The number of hydrogen-bond acceptors (Lipinski definition) is 2. The predicted octanol–water partition coefficient (Wildman–Crippen LogP) is 4.05. The highest BCUT2D eigenvalue weighted by Crippen LogP contribution is 2.26. The Balaban J connectivity index is 1.64. The molecule has 0 heterocycles. The van der Waals surface area contributed by atoms with Crippen LogP contribution in [0.5, 0.6) is 0 Å². The van der Waals surface area contributed by atoms with Crippen molar-refractivity contribution in [2.24, 2.45) is 5.92 Å². The molecule has 20 heavy (non-hydrogen) atoms. The van der Waals surface area contributed by atoms with Crippen LogP contribution in [0.1, 0.15) is 57.8 Å². The van der Waals surface area contributed by atoms with E-state index in [1.54, 1.807) is 0 Å². The van der Waals surface area contributed by atoms with Gasteiger partial charge < -0.3 is 10.1 Å². The van der Waals surface area contributed by atoms with Crippen molar-refractivity contribution >= 4 is 0 Å². The van der Waals surface area contributed by atoms with E-state index in [-0.39, 0.29) is 6.10 Å². The van der Waals surface area contributed by atoms with Crippen molar-refractivity contribution in [3.8, 4) is 0 Å². The first kappa shape index (κ1) is 16.1. The van der Waals surface area contributed by atoms with Crippen LogP contribution < -0.4 is 5.32 Å². The van der Waals surface area contributed by atoms with Gasteiger partial charge in [-0.3, -0.25) is 0 Å². The van der Waals surface area contributed by atoms with Gasteiger partial charge in [0.15, 0.2) is 0 Å². The van der Waals surface area contributed by atoms with Gasteiger partial charge >= 0.3 is 6.18 Å². The quantitative estimate of drug-likeness (QED) is 0.826. The van der Waals surface area contributed by atoms with Gasteiger partial charge in [-0.05, 0) is 51.0 Å². The summed E-state index contributed by atoms with van der Waals surface area (Å²) in [5, 5.41) is 3.56. The molecule has 5 heteroatoms. The van der Waals surface area contributed by atoms with Crippen molar-refractivity contribution in [2.75, 3.05) is 13.2 Å². The van der Waals surface area contributed by atoms with E-state index in [1.807, 2.05) is 0 Å². The van der Waals surface area contributed by atoms with Gasteiger partial charge in [-0.1, -0.05) is 19.3 Å². The van der Waals surface area contributed by atoms with E-state index in [1.165, 1.54) is 32.1 Å². The van der Waals surface area contributed by atoms with Crippen molar-refractivity contribution in [1.29, 1.82) is 0 Å². The molecule has 0 aliphatic heterocycles. The molecular formula is C15H26F3NO. The third kappa shape index (κ3) is 6.00. The van der Waals surface area contributed by atoms with E-state index in [4.69, 9.17) is 4.74 Å². The Labute approximate surface area is 119 Å². The van der Waals surface area contributed by atoms with Crippen molar-refractivity contribution in [1.82, 2.24) is 5.32 Å². The van der Waals surface area contributed by atoms with Crippen LogP contribution >= 0.6 is 0 Å². The molecular weight excluding hydrogens is 267 g/mol. The summed E-state index contributed by atoms with van der Waals surface area (Å²) in [5.74, 6) is 0.764. The lowest BCUT2D eigenvalue weighted by Crippen LogP contribution is -2.40. The maximum atomic E-state index is 12.2. The van der Waals surface area contributed by atoms with Crippen LogP contribution in [0.4, 0.5) is 13.2 Å². The molecule has 0 amide bonds. The van der Waals surface area contributed by atoms with Crippen LogP contribution in [-0.2, 0) is 4.74 Å². The molecule has 0 aromatic rings. The molecule has 2 unspecified atom stereocenters. The summed E-state index contributed by atoms with van der Waals surface area (Å²) >= 11 is 0. The fourth-order valence-corrected chi connectivity index (χ4v) is 3.42. The van der Waals surface area contributed by atoms with Crippen LogP contribution in [0.25, 0.3) is 0 Å². The van der Waals surface area contributed by atoms with E-state index < -0.39 is 12.8 Å². The third-order valence-electron chi connectivity index (χ3n) is 4.53. The van der Waals surface area contributed by atoms with E-state index in [9.17, 15) is 13.2 Å². The topological polar surface area (TPSA) is 21.3 Å². The fraction of sp³-hybridized carbons (Fsp3) is 1.00. The van der Waals surface area contributed by atoms with Crippen LogP contribution in [0, 0.1) is 5.92 Å².